The van der Waals surface area contributed by atoms with Crippen molar-refractivity contribution in [2.75, 3.05) is 0 Å². The second kappa shape index (κ2) is 4.91. The minimum atomic E-state index is 0.516. The van der Waals surface area contributed by atoms with E-state index in [2.05, 4.69) is 41.8 Å². The number of nitrogens with zero attached hydrogens (tertiary/aromatic N) is 2. The van der Waals surface area contributed by atoms with E-state index in [1.54, 1.807) is 0 Å². The Kier molecular flexibility index (Phi) is 3.43. The highest BCUT2D eigenvalue weighted by Crippen LogP contribution is 2.40. The summed E-state index contributed by atoms with van der Waals surface area (Å²) in [6, 6.07) is 7.65. The topological polar surface area (TPSA) is 25.8 Å². The normalized spacial score (nSPS) is 14.8. The molecule has 0 bridgehead atoms. The van der Waals surface area contributed by atoms with Gasteiger partial charge in [-0.2, -0.15) is 0 Å². The van der Waals surface area contributed by atoms with Crippen LogP contribution < -0.4 is 0 Å². The van der Waals surface area contributed by atoms with Crippen LogP contribution in [0.4, 0.5) is 0 Å². The Hall–Kier alpha value is -0.450. The second-order valence-corrected chi connectivity index (χ2v) is 6.38. The van der Waals surface area contributed by atoms with Crippen molar-refractivity contribution in [3.05, 3.63) is 44.2 Å². The van der Waals surface area contributed by atoms with Gasteiger partial charge in [0.25, 0.3) is 0 Å². The van der Waals surface area contributed by atoms with Gasteiger partial charge in [-0.3, -0.25) is 0 Å². The van der Waals surface area contributed by atoms with E-state index in [1.807, 2.05) is 24.3 Å². The summed E-state index contributed by atoms with van der Waals surface area (Å²) in [7, 11) is 0. The van der Waals surface area contributed by atoms with Gasteiger partial charge in [0.2, 0.25) is 0 Å². The van der Waals surface area contributed by atoms with Crippen molar-refractivity contribution in [3.63, 3.8) is 0 Å². The lowest BCUT2D eigenvalue weighted by Crippen LogP contribution is -1.96. The van der Waals surface area contributed by atoms with Gasteiger partial charge in [0, 0.05) is 16.0 Å². The molecule has 2 nitrogen and oxygen atoms in total. The Morgan fingerprint density at radius 1 is 1.17 bits per heavy atom. The molecular formula is C13H9Br2ClN2. The summed E-state index contributed by atoms with van der Waals surface area (Å²) in [5.41, 5.74) is 1.78. The molecule has 92 valence electrons. The highest BCUT2D eigenvalue weighted by molar-refractivity contribution is 9.10. The molecule has 1 aromatic heterocycles. The Bertz CT molecular complexity index is 592. The summed E-state index contributed by atoms with van der Waals surface area (Å²) in [5.74, 6) is 1.42. The molecule has 0 saturated heterocycles. The first-order valence-corrected chi connectivity index (χ1v) is 7.60. The fraction of sp³-hybridized carbons (Fsp3) is 0.231. The SMILES string of the molecule is Clc1cccc(Br)c1-c1cc(Br)nc(C2CC2)n1. The van der Waals surface area contributed by atoms with Crippen LogP contribution in [0.15, 0.2) is 33.3 Å². The van der Waals surface area contributed by atoms with Crippen LogP contribution in [0, 0.1) is 0 Å². The van der Waals surface area contributed by atoms with E-state index < -0.39 is 0 Å². The minimum absolute atomic E-state index is 0.516. The Morgan fingerprint density at radius 2 is 1.94 bits per heavy atom. The third kappa shape index (κ3) is 2.46. The Morgan fingerprint density at radius 3 is 2.61 bits per heavy atom. The lowest BCUT2D eigenvalue weighted by Gasteiger charge is -2.08. The maximum atomic E-state index is 6.26. The van der Waals surface area contributed by atoms with Crippen molar-refractivity contribution in [3.8, 4) is 11.3 Å². The van der Waals surface area contributed by atoms with Gasteiger partial charge in [0.15, 0.2) is 0 Å². The lowest BCUT2D eigenvalue weighted by atomic mass is 10.1. The third-order valence-electron chi connectivity index (χ3n) is 2.87. The summed E-state index contributed by atoms with van der Waals surface area (Å²) in [4.78, 5) is 9.06. The molecule has 0 amide bonds. The average molecular weight is 388 g/mol. The maximum absolute atomic E-state index is 6.26. The van der Waals surface area contributed by atoms with E-state index in [1.165, 1.54) is 12.8 Å². The molecule has 1 heterocycles. The summed E-state index contributed by atoms with van der Waals surface area (Å²) in [6.07, 6.45) is 2.36. The molecule has 18 heavy (non-hydrogen) atoms. The van der Waals surface area contributed by atoms with Crippen LogP contribution in [0.1, 0.15) is 24.6 Å². The molecule has 0 spiro atoms. The van der Waals surface area contributed by atoms with Gasteiger partial charge >= 0.3 is 0 Å². The van der Waals surface area contributed by atoms with Gasteiger partial charge in [0.1, 0.15) is 10.4 Å². The molecule has 0 unspecified atom stereocenters. The highest BCUT2D eigenvalue weighted by atomic mass is 79.9. The Balaban J connectivity index is 2.16. The fourth-order valence-electron chi connectivity index (χ4n) is 1.83. The minimum Gasteiger partial charge on any atom is -0.232 e. The van der Waals surface area contributed by atoms with Crippen molar-refractivity contribution in [1.29, 1.82) is 0 Å². The molecule has 1 fully saturated rings. The molecule has 1 aliphatic rings. The second-order valence-electron chi connectivity index (χ2n) is 4.31. The summed E-state index contributed by atoms with van der Waals surface area (Å²) < 4.78 is 1.75. The van der Waals surface area contributed by atoms with Crippen molar-refractivity contribution in [1.82, 2.24) is 9.97 Å². The van der Waals surface area contributed by atoms with Crippen molar-refractivity contribution in [2.45, 2.75) is 18.8 Å². The van der Waals surface area contributed by atoms with Crippen LogP contribution >= 0.6 is 43.5 Å². The molecule has 0 radical (unpaired) electrons. The zero-order chi connectivity index (χ0) is 12.7. The number of halogens is 3. The van der Waals surface area contributed by atoms with E-state index in [0.717, 1.165) is 26.2 Å². The van der Waals surface area contributed by atoms with Gasteiger partial charge < -0.3 is 0 Å². The van der Waals surface area contributed by atoms with E-state index in [9.17, 15) is 0 Å². The quantitative estimate of drug-likeness (QED) is 0.661. The molecule has 1 aromatic carbocycles. The van der Waals surface area contributed by atoms with E-state index in [4.69, 9.17) is 11.6 Å². The molecule has 0 N–H and O–H groups in total. The van der Waals surface area contributed by atoms with Gasteiger partial charge in [-0.1, -0.05) is 33.6 Å². The van der Waals surface area contributed by atoms with E-state index in [-0.39, 0.29) is 0 Å². The summed E-state index contributed by atoms with van der Waals surface area (Å²) in [5, 5.41) is 0.691. The first-order valence-electron chi connectivity index (χ1n) is 5.64. The Labute approximate surface area is 127 Å². The van der Waals surface area contributed by atoms with Crippen LogP contribution in [0.2, 0.25) is 5.02 Å². The number of hydrogen-bond donors (Lipinski definition) is 0. The van der Waals surface area contributed by atoms with Crippen LogP contribution in [0.25, 0.3) is 11.3 Å². The van der Waals surface area contributed by atoms with Crippen molar-refractivity contribution < 1.29 is 0 Å². The van der Waals surface area contributed by atoms with Gasteiger partial charge in [0.05, 0.1) is 10.7 Å². The van der Waals surface area contributed by atoms with Crippen LogP contribution in [-0.2, 0) is 0 Å². The lowest BCUT2D eigenvalue weighted by molar-refractivity contribution is 0.919. The molecule has 2 aromatic rings. The average Bonchev–Trinajstić information content (AvgIpc) is 3.11. The first kappa shape index (κ1) is 12.6. The molecule has 5 heteroatoms. The van der Waals surface area contributed by atoms with E-state index >= 15 is 0 Å². The van der Waals surface area contributed by atoms with Gasteiger partial charge in [-0.15, -0.1) is 0 Å². The maximum Gasteiger partial charge on any atom is 0.133 e. The smallest absolute Gasteiger partial charge is 0.133 e. The fourth-order valence-corrected chi connectivity index (χ4v) is 3.18. The van der Waals surface area contributed by atoms with Crippen molar-refractivity contribution in [2.24, 2.45) is 0 Å². The van der Waals surface area contributed by atoms with E-state index in [0.29, 0.717) is 10.9 Å². The largest absolute Gasteiger partial charge is 0.232 e. The van der Waals surface area contributed by atoms with Crippen LogP contribution in [-0.4, -0.2) is 9.97 Å². The predicted octanol–water partition coefficient (Wildman–Crippen LogP) is 5.20. The zero-order valence-electron chi connectivity index (χ0n) is 9.33. The van der Waals surface area contributed by atoms with Crippen LogP contribution in [0.3, 0.4) is 0 Å². The molecule has 0 atom stereocenters. The molecular weight excluding hydrogens is 379 g/mol. The standard InChI is InChI=1S/C13H9Br2ClN2/c14-8-2-1-3-9(16)12(8)10-6-11(15)18-13(17-10)7-4-5-7/h1-3,6-7H,4-5H2. The molecule has 0 aliphatic heterocycles. The van der Waals surface area contributed by atoms with Gasteiger partial charge in [-0.05, 0) is 47.0 Å². The predicted molar refractivity (Wildman–Crippen MR) is 79.9 cm³/mol. The third-order valence-corrected chi connectivity index (χ3v) is 4.26. The molecule has 1 aliphatic carbocycles. The number of rotatable bonds is 2. The number of benzene rings is 1. The van der Waals surface area contributed by atoms with Crippen molar-refractivity contribution >= 4 is 43.5 Å². The summed E-state index contributed by atoms with van der Waals surface area (Å²) in [6.45, 7) is 0. The highest BCUT2D eigenvalue weighted by Gasteiger charge is 2.27. The molecule has 1 saturated carbocycles. The monoisotopic (exact) mass is 386 g/mol. The molecule has 3 rings (SSSR count). The van der Waals surface area contributed by atoms with Crippen LogP contribution in [0.5, 0.6) is 0 Å². The zero-order valence-corrected chi connectivity index (χ0v) is 13.3. The number of hydrogen-bond acceptors (Lipinski definition) is 2. The number of aromatic nitrogens is 2. The summed E-state index contributed by atoms with van der Waals surface area (Å²) >= 11 is 13.2. The first-order chi connectivity index (χ1) is 8.65. The van der Waals surface area contributed by atoms with Gasteiger partial charge in [-0.25, -0.2) is 9.97 Å².